The highest BCUT2D eigenvalue weighted by atomic mass is 79.9. The van der Waals surface area contributed by atoms with Gasteiger partial charge in [0.2, 0.25) is 0 Å². The van der Waals surface area contributed by atoms with Crippen molar-refractivity contribution in [3.05, 3.63) is 40.1 Å². The number of halogens is 1. The molecule has 0 fully saturated rings. The second kappa shape index (κ2) is 3.98. The molecular weight excluding hydrogens is 256 g/mol. The Morgan fingerprint density at radius 1 is 1.47 bits per heavy atom. The molecule has 3 nitrogen and oxygen atoms in total. The highest BCUT2D eigenvalue weighted by molar-refractivity contribution is 9.10. The second-order valence-electron chi connectivity index (χ2n) is 3.29. The van der Waals surface area contributed by atoms with Crippen molar-refractivity contribution in [1.29, 1.82) is 0 Å². The van der Waals surface area contributed by atoms with Crippen molar-refractivity contribution in [1.82, 2.24) is 9.97 Å². The first-order valence-electron chi connectivity index (χ1n) is 4.47. The van der Waals surface area contributed by atoms with Crippen molar-refractivity contribution >= 4 is 22.2 Å². The van der Waals surface area contributed by atoms with E-state index in [9.17, 15) is 4.79 Å². The maximum atomic E-state index is 10.5. The lowest BCUT2D eigenvalue weighted by Crippen LogP contribution is -1.84. The van der Waals surface area contributed by atoms with E-state index < -0.39 is 0 Å². The normalized spacial score (nSPS) is 10.3. The molecule has 0 amide bonds. The number of aldehydes is 1. The Hall–Kier alpha value is -1.42. The molecule has 0 spiro atoms. The molecule has 15 heavy (non-hydrogen) atoms. The fourth-order valence-corrected chi connectivity index (χ4v) is 2.03. The standard InChI is InChI=1S/C11H9BrN2O/c1-7-2-3-9(10(12)4-7)11-13-5-8(6-15)14-11/h2-6H,1H3,(H,13,14). The maximum Gasteiger partial charge on any atom is 0.167 e. The lowest BCUT2D eigenvalue weighted by atomic mass is 10.1. The van der Waals surface area contributed by atoms with E-state index in [4.69, 9.17) is 0 Å². The molecule has 1 aromatic carbocycles. The topological polar surface area (TPSA) is 45.8 Å². The number of rotatable bonds is 2. The molecule has 1 heterocycles. The minimum Gasteiger partial charge on any atom is -0.336 e. The predicted octanol–water partition coefficient (Wildman–Crippen LogP) is 2.96. The van der Waals surface area contributed by atoms with Gasteiger partial charge in [-0.05, 0) is 24.6 Å². The van der Waals surface area contributed by atoms with Crippen LogP contribution in [0.15, 0.2) is 28.9 Å². The number of H-pyrrole nitrogens is 1. The predicted molar refractivity (Wildman–Crippen MR) is 61.8 cm³/mol. The SMILES string of the molecule is Cc1ccc(-c2ncc(C=O)[nH]2)c(Br)c1. The molecule has 0 unspecified atom stereocenters. The molecule has 0 radical (unpaired) electrons. The molecule has 2 aromatic rings. The van der Waals surface area contributed by atoms with Crippen LogP contribution in [-0.4, -0.2) is 16.3 Å². The number of aromatic amines is 1. The van der Waals surface area contributed by atoms with Crippen molar-refractivity contribution in [2.24, 2.45) is 0 Å². The van der Waals surface area contributed by atoms with Gasteiger partial charge in [0.1, 0.15) is 5.82 Å². The van der Waals surface area contributed by atoms with E-state index in [-0.39, 0.29) is 0 Å². The van der Waals surface area contributed by atoms with Crippen LogP contribution in [0, 0.1) is 6.92 Å². The maximum absolute atomic E-state index is 10.5. The number of nitrogens with zero attached hydrogens (tertiary/aromatic N) is 1. The number of nitrogens with one attached hydrogen (secondary N) is 1. The number of aryl methyl sites for hydroxylation is 1. The first-order chi connectivity index (χ1) is 7.20. The lowest BCUT2D eigenvalue weighted by Gasteiger charge is -2.01. The number of benzene rings is 1. The third kappa shape index (κ3) is 1.99. The molecule has 0 atom stereocenters. The molecule has 4 heteroatoms. The van der Waals surface area contributed by atoms with E-state index in [0.29, 0.717) is 11.5 Å². The Bertz CT molecular complexity index is 505. The van der Waals surface area contributed by atoms with E-state index >= 15 is 0 Å². The average molecular weight is 265 g/mol. The number of aromatic nitrogens is 2. The Labute approximate surface area is 95.7 Å². The number of carbonyl (C=O) groups excluding carboxylic acids is 1. The number of hydrogen-bond acceptors (Lipinski definition) is 2. The van der Waals surface area contributed by atoms with Crippen LogP contribution in [0.25, 0.3) is 11.4 Å². The van der Waals surface area contributed by atoms with Crippen LogP contribution >= 0.6 is 15.9 Å². The molecule has 2 rings (SSSR count). The largest absolute Gasteiger partial charge is 0.336 e. The van der Waals surface area contributed by atoms with Crippen LogP contribution < -0.4 is 0 Å². The minimum absolute atomic E-state index is 0.484. The van der Waals surface area contributed by atoms with Crippen LogP contribution in [0.3, 0.4) is 0 Å². The van der Waals surface area contributed by atoms with Crippen molar-refractivity contribution in [3.8, 4) is 11.4 Å². The summed E-state index contributed by atoms with van der Waals surface area (Å²) in [7, 11) is 0. The van der Waals surface area contributed by atoms with Crippen LogP contribution in [0.4, 0.5) is 0 Å². The highest BCUT2D eigenvalue weighted by Gasteiger charge is 2.06. The van der Waals surface area contributed by atoms with Crippen molar-refractivity contribution in [2.45, 2.75) is 6.92 Å². The lowest BCUT2D eigenvalue weighted by molar-refractivity contribution is 0.111. The smallest absolute Gasteiger partial charge is 0.167 e. The molecule has 0 bridgehead atoms. The second-order valence-corrected chi connectivity index (χ2v) is 4.14. The van der Waals surface area contributed by atoms with Crippen molar-refractivity contribution in [2.75, 3.05) is 0 Å². The molecule has 1 N–H and O–H groups in total. The zero-order valence-corrected chi connectivity index (χ0v) is 9.71. The molecule has 0 saturated heterocycles. The van der Waals surface area contributed by atoms with Gasteiger partial charge >= 0.3 is 0 Å². The van der Waals surface area contributed by atoms with Gasteiger partial charge in [-0.2, -0.15) is 0 Å². The first kappa shape index (κ1) is 10.1. The van der Waals surface area contributed by atoms with Gasteiger partial charge in [0.25, 0.3) is 0 Å². The van der Waals surface area contributed by atoms with Crippen LogP contribution in [-0.2, 0) is 0 Å². The van der Waals surface area contributed by atoms with Gasteiger partial charge in [0.05, 0.1) is 11.9 Å². The third-order valence-corrected chi connectivity index (χ3v) is 2.76. The van der Waals surface area contributed by atoms with Gasteiger partial charge < -0.3 is 4.98 Å². The summed E-state index contributed by atoms with van der Waals surface area (Å²) in [6.07, 6.45) is 2.27. The summed E-state index contributed by atoms with van der Waals surface area (Å²) < 4.78 is 0.967. The summed E-state index contributed by atoms with van der Waals surface area (Å²) in [5.41, 5.74) is 2.61. The van der Waals surface area contributed by atoms with E-state index in [0.717, 1.165) is 16.3 Å². The van der Waals surface area contributed by atoms with Crippen LogP contribution in [0.2, 0.25) is 0 Å². The molecular formula is C11H9BrN2O. The zero-order chi connectivity index (χ0) is 10.8. The third-order valence-electron chi connectivity index (χ3n) is 2.10. The van der Waals surface area contributed by atoms with Crippen LogP contribution in [0.1, 0.15) is 16.1 Å². The summed E-state index contributed by atoms with van der Waals surface area (Å²) >= 11 is 3.47. The first-order valence-corrected chi connectivity index (χ1v) is 5.26. The van der Waals surface area contributed by atoms with Crippen molar-refractivity contribution in [3.63, 3.8) is 0 Å². The highest BCUT2D eigenvalue weighted by Crippen LogP contribution is 2.26. The van der Waals surface area contributed by atoms with Crippen LogP contribution in [0.5, 0.6) is 0 Å². The Morgan fingerprint density at radius 2 is 2.27 bits per heavy atom. The Morgan fingerprint density at radius 3 is 2.87 bits per heavy atom. The fourth-order valence-electron chi connectivity index (χ4n) is 1.34. The molecule has 0 aliphatic carbocycles. The van der Waals surface area contributed by atoms with Gasteiger partial charge in [-0.15, -0.1) is 0 Å². The van der Waals surface area contributed by atoms with Crippen molar-refractivity contribution < 1.29 is 4.79 Å². The monoisotopic (exact) mass is 264 g/mol. The fraction of sp³-hybridized carbons (Fsp3) is 0.0909. The summed E-state index contributed by atoms with van der Waals surface area (Å²) in [4.78, 5) is 17.6. The number of hydrogen-bond donors (Lipinski definition) is 1. The van der Waals surface area contributed by atoms with Gasteiger partial charge in [0, 0.05) is 10.0 Å². The molecule has 76 valence electrons. The Kier molecular flexibility index (Phi) is 2.68. The van der Waals surface area contributed by atoms with E-state index in [1.165, 1.54) is 11.8 Å². The van der Waals surface area contributed by atoms with E-state index in [1.54, 1.807) is 0 Å². The van der Waals surface area contributed by atoms with Gasteiger partial charge in [-0.1, -0.05) is 22.0 Å². The molecule has 1 aromatic heterocycles. The Balaban J connectivity index is 2.49. The summed E-state index contributed by atoms with van der Waals surface area (Å²) in [5, 5.41) is 0. The number of carbonyl (C=O) groups is 1. The molecule has 0 aliphatic rings. The average Bonchev–Trinajstić information content (AvgIpc) is 2.66. The summed E-state index contributed by atoms with van der Waals surface area (Å²) in [6, 6.07) is 5.98. The zero-order valence-electron chi connectivity index (χ0n) is 8.12. The van der Waals surface area contributed by atoms with E-state index in [2.05, 4.69) is 25.9 Å². The quantitative estimate of drug-likeness (QED) is 0.848. The molecule has 0 saturated carbocycles. The van der Waals surface area contributed by atoms with Gasteiger partial charge in [-0.25, -0.2) is 4.98 Å². The van der Waals surface area contributed by atoms with Gasteiger partial charge in [0.15, 0.2) is 6.29 Å². The minimum atomic E-state index is 0.484. The summed E-state index contributed by atoms with van der Waals surface area (Å²) in [6.45, 7) is 2.02. The van der Waals surface area contributed by atoms with Gasteiger partial charge in [-0.3, -0.25) is 4.79 Å². The van der Waals surface area contributed by atoms with E-state index in [1.807, 2.05) is 25.1 Å². The molecule has 0 aliphatic heterocycles. The number of imidazole rings is 1. The summed E-state index contributed by atoms with van der Waals surface area (Å²) in [5.74, 6) is 0.698.